The Labute approximate surface area is 471 Å². The van der Waals surface area contributed by atoms with Crippen LogP contribution in [0.1, 0.15) is 74.5 Å². The Bertz CT molecular complexity index is 2170. The highest BCUT2D eigenvalue weighted by molar-refractivity contribution is 7.13. The van der Waals surface area contributed by atoms with E-state index in [-0.39, 0.29) is 76.8 Å². The number of nitrogens with zero attached hydrogens (tertiary/aromatic N) is 2. The highest BCUT2D eigenvalue weighted by atomic mass is 32.1. The van der Waals surface area contributed by atoms with Gasteiger partial charge in [-0.15, -0.1) is 11.3 Å². The first-order valence-electron chi connectivity index (χ1n) is 26.9. The fourth-order valence-electron chi connectivity index (χ4n) is 7.15. The zero-order valence-corrected chi connectivity index (χ0v) is 46.7. The minimum absolute atomic E-state index is 0.0101. The molecule has 0 unspecified atom stereocenters. The van der Waals surface area contributed by atoms with Crippen LogP contribution in [0.2, 0.25) is 0 Å². The number of aryl methyl sites for hydroxylation is 1. The minimum atomic E-state index is -4.58. The van der Waals surface area contributed by atoms with Crippen molar-refractivity contribution in [1.82, 2.24) is 15.5 Å². The third-order valence-electron chi connectivity index (χ3n) is 11.1. The van der Waals surface area contributed by atoms with Crippen LogP contribution < -0.4 is 21.1 Å². The fourth-order valence-corrected chi connectivity index (χ4v) is 8.26. The SMILES string of the molecule is CCCN(CCCNC(=O)CC(F)(F)F)C(=O)C1=Cc2sc(CCCCCNC(=O)CCOCCOCCOCCOCCOCCOCCOCCOCCOCCOCCC(=O)Oc3c(F)c(F)cc(F)c3F)cc2N=C(N)C1. The summed E-state index contributed by atoms with van der Waals surface area (Å²) in [4.78, 5) is 57.1. The number of rotatable bonds is 48. The van der Waals surface area contributed by atoms with Crippen LogP contribution >= 0.6 is 11.3 Å². The Balaban J connectivity index is 1.02. The first kappa shape index (κ1) is 70.4. The van der Waals surface area contributed by atoms with E-state index in [9.17, 15) is 49.9 Å². The van der Waals surface area contributed by atoms with E-state index >= 15 is 0 Å². The van der Waals surface area contributed by atoms with Crippen LogP contribution in [0.3, 0.4) is 0 Å². The summed E-state index contributed by atoms with van der Waals surface area (Å²) in [5.74, 6) is -10.7. The second kappa shape index (κ2) is 42.9. The van der Waals surface area contributed by atoms with Gasteiger partial charge in [-0.05, 0) is 44.2 Å². The summed E-state index contributed by atoms with van der Waals surface area (Å²) in [5, 5.41) is 5.18. The van der Waals surface area contributed by atoms with Crippen LogP contribution in [0.15, 0.2) is 22.7 Å². The van der Waals surface area contributed by atoms with Crippen molar-refractivity contribution >= 4 is 52.6 Å². The predicted octanol–water partition coefficient (Wildman–Crippen LogP) is 6.16. The lowest BCUT2D eigenvalue weighted by molar-refractivity contribution is -0.153. The highest BCUT2D eigenvalue weighted by Crippen LogP contribution is 2.36. The first-order chi connectivity index (χ1) is 39.1. The summed E-state index contributed by atoms with van der Waals surface area (Å²) in [6.45, 7) is 9.65. The lowest BCUT2D eigenvalue weighted by Crippen LogP contribution is -2.37. The highest BCUT2D eigenvalue weighted by Gasteiger charge is 2.31. The van der Waals surface area contributed by atoms with Gasteiger partial charge in [0, 0.05) is 55.5 Å². The molecule has 1 aromatic heterocycles. The molecule has 81 heavy (non-hydrogen) atoms. The average molecular weight is 1190 g/mol. The number of halogens is 7. The van der Waals surface area contributed by atoms with Gasteiger partial charge in [-0.25, -0.2) is 13.8 Å². The molecule has 0 bridgehead atoms. The molecule has 0 saturated heterocycles. The Morgan fingerprint density at radius 3 is 1.54 bits per heavy atom. The number of hydrogen-bond donors (Lipinski definition) is 3. The number of benzene rings is 1. The van der Waals surface area contributed by atoms with E-state index in [4.69, 9.17) is 53.1 Å². The van der Waals surface area contributed by atoms with Crippen LogP contribution in [0.5, 0.6) is 5.75 Å². The van der Waals surface area contributed by atoms with E-state index in [1.54, 1.807) is 16.2 Å². The van der Waals surface area contributed by atoms with E-state index in [1.807, 2.05) is 19.1 Å². The Hall–Kier alpha value is -4.88. The second-order valence-electron chi connectivity index (χ2n) is 17.8. The number of carbonyl (C=O) groups is 4. The molecule has 0 fully saturated rings. The van der Waals surface area contributed by atoms with E-state index in [0.29, 0.717) is 142 Å². The number of thiophene rings is 1. The zero-order chi connectivity index (χ0) is 58.9. The number of esters is 1. The van der Waals surface area contributed by atoms with E-state index < -0.39 is 59.9 Å². The Morgan fingerprint density at radius 2 is 1.06 bits per heavy atom. The molecular formula is C53H78F7N5O15S. The van der Waals surface area contributed by atoms with E-state index in [0.717, 1.165) is 35.4 Å². The van der Waals surface area contributed by atoms with Gasteiger partial charge in [0.05, 0.1) is 149 Å². The topological polar surface area (TPSA) is 235 Å². The van der Waals surface area contributed by atoms with Crippen LogP contribution in [0.25, 0.3) is 6.08 Å². The van der Waals surface area contributed by atoms with Crippen molar-refractivity contribution in [2.75, 3.05) is 158 Å². The molecule has 2 heterocycles. The molecule has 460 valence electrons. The maximum Gasteiger partial charge on any atom is 0.397 e. The predicted molar refractivity (Wildman–Crippen MR) is 283 cm³/mol. The lowest BCUT2D eigenvalue weighted by atomic mass is 10.1. The fraction of sp³-hybridized carbons (Fsp3) is 0.679. The first-order valence-corrected chi connectivity index (χ1v) is 27.8. The zero-order valence-electron chi connectivity index (χ0n) is 45.9. The molecule has 0 atom stereocenters. The molecule has 28 heteroatoms. The summed E-state index contributed by atoms with van der Waals surface area (Å²) in [6.07, 6.45) is 0.0558. The largest absolute Gasteiger partial charge is 0.420 e. The van der Waals surface area contributed by atoms with E-state index in [2.05, 4.69) is 20.4 Å². The number of ether oxygens (including phenoxy) is 11. The van der Waals surface area contributed by atoms with Crippen molar-refractivity contribution in [1.29, 1.82) is 0 Å². The molecule has 4 N–H and O–H groups in total. The Morgan fingerprint density at radius 1 is 0.605 bits per heavy atom. The van der Waals surface area contributed by atoms with Gasteiger partial charge in [0.15, 0.2) is 11.6 Å². The summed E-state index contributed by atoms with van der Waals surface area (Å²) in [7, 11) is 0. The number of amidine groups is 1. The number of hydrogen-bond acceptors (Lipinski definition) is 18. The van der Waals surface area contributed by atoms with Gasteiger partial charge < -0.3 is 73.4 Å². The maximum absolute atomic E-state index is 13.6. The smallest absolute Gasteiger partial charge is 0.397 e. The third-order valence-corrected chi connectivity index (χ3v) is 12.2. The molecule has 2 aromatic rings. The van der Waals surface area contributed by atoms with Crippen molar-refractivity contribution in [2.24, 2.45) is 10.7 Å². The molecule has 0 aliphatic carbocycles. The quantitative estimate of drug-likeness (QED) is 0.0221. The van der Waals surface area contributed by atoms with Gasteiger partial charge in [-0.3, -0.25) is 19.2 Å². The number of nitrogens with one attached hydrogen (secondary N) is 2. The molecule has 20 nitrogen and oxygen atoms in total. The molecule has 1 aliphatic heterocycles. The number of nitrogens with two attached hydrogens (primary N) is 1. The summed E-state index contributed by atoms with van der Waals surface area (Å²) in [5.41, 5.74) is 7.38. The normalized spacial score (nSPS) is 12.4. The summed E-state index contributed by atoms with van der Waals surface area (Å²) < 4.78 is 150. The Kier molecular flexibility index (Phi) is 37.2. The molecule has 0 radical (unpaired) electrons. The number of carbonyl (C=O) groups excluding carboxylic acids is 4. The van der Waals surface area contributed by atoms with Crippen molar-refractivity contribution in [2.45, 2.75) is 77.3 Å². The molecule has 3 amide bonds. The van der Waals surface area contributed by atoms with Crippen LogP contribution in [0.4, 0.5) is 36.4 Å². The van der Waals surface area contributed by atoms with Crippen molar-refractivity contribution in [3.8, 4) is 5.75 Å². The average Bonchev–Trinajstić information content (AvgIpc) is 3.75. The van der Waals surface area contributed by atoms with Gasteiger partial charge in [0.25, 0.3) is 0 Å². The monoisotopic (exact) mass is 1190 g/mol. The van der Waals surface area contributed by atoms with Gasteiger partial charge in [0.2, 0.25) is 35.1 Å². The van der Waals surface area contributed by atoms with Gasteiger partial charge in [0.1, 0.15) is 12.3 Å². The molecule has 0 saturated carbocycles. The van der Waals surface area contributed by atoms with Gasteiger partial charge in [-0.2, -0.15) is 22.0 Å². The minimum Gasteiger partial charge on any atom is -0.420 e. The summed E-state index contributed by atoms with van der Waals surface area (Å²) >= 11 is 1.54. The van der Waals surface area contributed by atoms with Crippen LogP contribution in [0, 0.1) is 23.3 Å². The number of unbranched alkanes of at least 4 members (excludes halogenated alkanes) is 2. The van der Waals surface area contributed by atoms with E-state index in [1.165, 1.54) is 0 Å². The second-order valence-corrected chi connectivity index (χ2v) is 18.9. The van der Waals surface area contributed by atoms with Crippen molar-refractivity contribution in [3.05, 3.63) is 50.7 Å². The summed E-state index contributed by atoms with van der Waals surface area (Å²) in [6, 6.07) is 1.99. The van der Waals surface area contributed by atoms with Gasteiger partial charge >= 0.3 is 12.1 Å². The number of amides is 3. The molecule has 0 spiro atoms. The van der Waals surface area contributed by atoms with Crippen LogP contribution in [-0.4, -0.2) is 199 Å². The number of alkyl halides is 3. The molecule has 1 aliphatic rings. The molecule has 3 rings (SSSR count). The van der Waals surface area contributed by atoms with Crippen molar-refractivity contribution < 1.29 is 102 Å². The number of aliphatic imine (C=N–C) groups is 1. The standard InChI is InChI=1S/C53H78F7N5O15S/c1-2-12-65(13-6-11-63-47(67)38-53(58,59)60)52(69)39-34-44-43(64-45(61)35-39)36-40(81-44)7-4-3-5-10-62-46(66)8-14-70-16-18-72-20-22-74-24-26-76-28-30-78-32-33-79-31-29-77-27-25-75-23-21-73-19-17-71-15-9-48(68)80-51-49(56)41(54)37-42(55)50(51)57/h34,36-37H,2-33,35,38H2,1H3,(H2,61,64)(H,62,66)(H,63,67). The van der Waals surface area contributed by atoms with Gasteiger partial charge in [-0.1, -0.05) is 13.3 Å². The maximum atomic E-state index is 13.6. The number of fused-ring (bicyclic) bond motifs is 1. The third kappa shape index (κ3) is 33.1. The van der Waals surface area contributed by atoms with Crippen molar-refractivity contribution in [3.63, 3.8) is 0 Å². The lowest BCUT2D eigenvalue weighted by Gasteiger charge is -2.23. The molecule has 1 aromatic carbocycles. The molecular weight excluding hydrogens is 1110 g/mol. The van der Waals surface area contributed by atoms with Crippen LogP contribution in [-0.2, 0) is 73.0 Å².